The molecule has 0 bridgehead atoms. The summed E-state index contributed by atoms with van der Waals surface area (Å²) in [6.07, 6.45) is 3.67. The van der Waals surface area contributed by atoms with Crippen LogP contribution in [0.15, 0.2) is 55.6 Å². The van der Waals surface area contributed by atoms with Crippen molar-refractivity contribution in [2.24, 2.45) is 7.05 Å². The Hall–Kier alpha value is -2.28. The number of fused-ring (bicyclic) bond motifs is 3. The van der Waals surface area contributed by atoms with E-state index in [2.05, 4.69) is 68.1 Å². The van der Waals surface area contributed by atoms with E-state index in [1.165, 1.54) is 32.9 Å². The van der Waals surface area contributed by atoms with Gasteiger partial charge in [-0.2, -0.15) is 0 Å². The highest BCUT2D eigenvalue weighted by atomic mass is 14.9. The highest BCUT2D eigenvalue weighted by Crippen LogP contribution is 2.30. The Morgan fingerprint density at radius 2 is 1.55 bits per heavy atom. The van der Waals surface area contributed by atoms with Crippen molar-refractivity contribution >= 4 is 27.9 Å². The van der Waals surface area contributed by atoms with Gasteiger partial charge in [-0.25, -0.2) is 0 Å². The second-order valence-electron chi connectivity index (χ2n) is 4.91. The van der Waals surface area contributed by atoms with Crippen molar-refractivity contribution in [3.8, 4) is 0 Å². The largest absolute Gasteiger partial charge is 0.344 e. The number of rotatable bonds is 1. The Morgan fingerprint density at radius 3 is 2.14 bits per heavy atom. The third-order valence-corrected chi connectivity index (χ3v) is 3.52. The van der Waals surface area contributed by atoms with Gasteiger partial charge in [-0.15, -0.1) is 6.58 Å². The van der Waals surface area contributed by atoms with Crippen LogP contribution >= 0.6 is 0 Å². The fourth-order valence-corrected chi connectivity index (χ4v) is 2.55. The molecule has 0 spiro atoms. The number of hydrogen-bond acceptors (Lipinski definition) is 0. The van der Waals surface area contributed by atoms with Gasteiger partial charge in [0.1, 0.15) is 0 Å². The van der Waals surface area contributed by atoms with E-state index in [4.69, 9.17) is 0 Å². The molecule has 0 aliphatic rings. The predicted octanol–water partition coefficient (Wildman–Crippen LogP) is 6.50. The van der Waals surface area contributed by atoms with Gasteiger partial charge in [0.15, 0.2) is 0 Å². The van der Waals surface area contributed by atoms with Crippen LogP contribution in [-0.4, -0.2) is 4.57 Å². The van der Waals surface area contributed by atoms with Crippen molar-refractivity contribution in [3.63, 3.8) is 0 Å². The summed E-state index contributed by atoms with van der Waals surface area (Å²) in [5.74, 6) is 0. The first-order valence-electron chi connectivity index (χ1n) is 7.81. The molecule has 0 unspecified atom stereocenters. The maximum Gasteiger partial charge on any atom is 0.0494 e. The molecule has 0 atom stereocenters. The van der Waals surface area contributed by atoms with Gasteiger partial charge in [-0.3, -0.25) is 0 Å². The molecule has 1 heteroatoms. The molecule has 3 rings (SSSR count). The molecule has 0 aliphatic carbocycles. The minimum absolute atomic E-state index is 1.21. The van der Waals surface area contributed by atoms with E-state index < -0.39 is 0 Å². The van der Waals surface area contributed by atoms with Crippen LogP contribution in [0, 0.1) is 6.92 Å². The van der Waals surface area contributed by atoms with Gasteiger partial charge in [0.2, 0.25) is 0 Å². The van der Waals surface area contributed by atoms with Crippen molar-refractivity contribution in [1.29, 1.82) is 0 Å². The highest BCUT2D eigenvalue weighted by Gasteiger charge is 2.08. The SMILES string of the molecule is C=CC.C=Cc1cc2c(cc1C)c1ccccc1n2C.CC. The maximum atomic E-state index is 3.87. The van der Waals surface area contributed by atoms with Crippen LogP contribution in [0.2, 0.25) is 0 Å². The summed E-state index contributed by atoms with van der Waals surface area (Å²) in [5.41, 5.74) is 5.04. The molecule has 1 nitrogen and oxygen atoms in total. The number of para-hydroxylation sites is 1. The summed E-state index contributed by atoms with van der Waals surface area (Å²) in [6, 6.07) is 13.0. The zero-order chi connectivity index (χ0) is 16.7. The first-order chi connectivity index (χ1) is 10.6. The number of nitrogens with zero attached hydrogens (tertiary/aromatic N) is 1. The molecule has 22 heavy (non-hydrogen) atoms. The van der Waals surface area contributed by atoms with Crippen LogP contribution in [0.25, 0.3) is 27.9 Å². The summed E-state index contributed by atoms with van der Waals surface area (Å²) < 4.78 is 2.25. The molecule has 3 aromatic rings. The molecular formula is C21H27N. The Kier molecular flexibility index (Phi) is 6.65. The molecule has 116 valence electrons. The van der Waals surface area contributed by atoms with Gasteiger partial charge in [0.25, 0.3) is 0 Å². The van der Waals surface area contributed by atoms with Crippen molar-refractivity contribution in [1.82, 2.24) is 4.57 Å². The third-order valence-electron chi connectivity index (χ3n) is 3.52. The average Bonchev–Trinajstić information content (AvgIpc) is 2.82. The van der Waals surface area contributed by atoms with E-state index in [0.717, 1.165) is 0 Å². The first-order valence-corrected chi connectivity index (χ1v) is 7.81. The van der Waals surface area contributed by atoms with Gasteiger partial charge < -0.3 is 4.57 Å². The maximum absolute atomic E-state index is 3.87. The summed E-state index contributed by atoms with van der Waals surface area (Å²) >= 11 is 0. The van der Waals surface area contributed by atoms with Crippen LogP contribution < -0.4 is 0 Å². The lowest BCUT2D eigenvalue weighted by Crippen LogP contribution is -1.87. The number of aromatic nitrogens is 1. The molecule has 2 aromatic carbocycles. The Bertz CT molecular complexity index is 775. The second kappa shape index (κ2) is 8.23. The molecule has 0 radical (unpaired) electrons. The fraction of sp³-hybridized carbons (Fsp3) is 0.238. The lowest BCUT2D eigenvalue weighted by molar-refractivity contribution is 1.01. The highest BCUT2D eigenvalue weighted by molar-refractivity contribution is 6.08. The molecule has 0 saturated carbocycles. The van der Waals surface area contributed by atoms with Crippen molar-refractivity contribution in [2.75, 3.05) is 0 Å². The van der Waals surface area contributed by atoms with Crippen LogP contribution in [0.5, 0.6) is 0 Å². The van der Waals surface area contributed by atoms with Crippen molar-refractivity contribution < 1.29 is 0 Å². The Morgan fingerprint density at radius 1 is 0.955 bits per heavy atom. The second-order valence-corrected chi connectivity index (χ2v) is 4.91. The van der Waals surface area contributed by atoms with E-state index in [0.29, 0.717) is 0 Å². The van der Waals surface area contributed by atoms with Crippen LogP contribution in [-0.2, 0) is 7.05 Å². The monoisotopic (exact) mass is 293 g/mol. The van der Waals surface area contributed by atoms with Gasteiger partial charge in [-0.1, -0.05) is 50.8 Å². The van der Waals surface area contributed by atoms with E-state index in [1.54, 1.807) is 6.08 Å². The third kappa shape index (κ3) is 3.30. The lowest BCUT2D eigenvalue weighted by atomic mass is 10.0. The van der Waals surface area contributed by atoms with E-state index in [9.17, 15) is 0 Å². The van der Waals surface area contributed by atoms with Gasteiger partial charge in [0.05, 0.1) is 0 Å². The summed E-state index contributed by atoms with van der Waals surface area (Å²) in [5, 5.41) is 2.65. The molecule has 0 amide bonds. The Balaban J connectivity index is 0.000000435. The lowest BCUT2D eigenvalue weighted by Gasteiger charge is -2.02. The van der Waals surface area contributed by atoms with Crippen LogP contribution in [0.1, 0.15) is 31.9 Å². The normalized spacial score (nSPS) is 9.50. The standard InChI is InChI=1S/C16H15N.C3H6.C2H6/c1-4-12-10-16-14(9-11(12)2)13-7-5-6-8-15(13)17(16)3;1-3-2;1-2/h4-10H,1H2,2-3H3;3H,1H2,2H3;1-2H3. The number of benzene rings is 2. The topological polar surface area (TPSA) is 4.93 Å². The molecule has 0 saturated heterocycles. The average molecular weight is 293 g/mol. The number of aryl methyl sites for hydroxylation is 2. The number of hydrogen-bond donors (Lipinski definition) is 0. The molecule has 1 heterocycles. The van der Waals surface area contributed by atoms with E-state index >= 15 is 0 Å². The van der Waals surface area contributed by atoms with Crippen LogP contribution in [0.3, 0.4) is 0 Å². The van der Waals surface area contributed by atoms with Gasteiger partial charge in [-0.05, 0) is 43.2 Å². The molecule has 1 aromatic heterocycles. The quantitative estimate of drug-likeness (QED) is 0.451. The zero-order valence-corrected chi connectivity index (χ0v) is 14.5. The van der Waals surface area contributed by atoms with Crippen molar-refractivity contribution in [2.45, 2.75) is 27.7 Å². The minimum atomic E-state index is 1.21. The zero-order valence-electron chi connectivity index (χ0n) is 14.5. The summed E-state index contributed by atoms with van der Waals surface area (Å²) in [6.45, 7) is 15.3. The predicted molar refractivity (Wildman–Crippen MR) is 102 cm³/mol. The van der Waals surface area contributed by atoms with Crippen molar-refractivity contribution in [3.05, 3.63) is 66.8 Å². The van der Waals surface area contributed by atoms with Gasteiger partial charge in [0, 0.05) is 28.9 Å². The molecule has 0 aliphatic heterocycles. The van der Waals surface area contributed by atoms with E-state index in [-0.39, 0.29) is 0 Å². The first kappa shape index (κ1) is 17.8. The number of allylic oxidation sites excluding steroid dienone is 1. The molecular weight excluding hydrogens is 266 g/mol. The van der Waals surface area contributed by atoms with Gasteiger partial charge >= 0.3 is 0 Å². The summed E-state index contributed by atoms with van der Waals surface area (Å²) in [7, 11) is 2.12. The van der Waals surface area contributed by atoms with E-state index in [1.807, 2.05) is 26.8 Å². The van der Waals surface area contributed by atoms with Crippen LogP contribution in [0.4, 0.5) is 0 Å². The Labute approximate surface area is 134 Å². The smallest absolute Gasteiger partial charge is 0.0494 e. The minimum Gasteiger partial charge on any atom is -0.344 e. The summed E-state index contributed by atoms with van der Waals surface area (Å²) in [4.78, 5) is 0. The fourth-order valence-electron chi connectivity index (χ4n) is 2.55. The molecule has 0 fully saturated rings. The molecule has 0 N–H and O–H groups in total.